The molecule has 0 amide bonds. The minimum Gasteiger partial charge on any atom is -0.339 e. The predicted octanol–water partition coefficient (Wildman–Crippen LogP) is 1.85. The van der Waals surface area contributed by atoms with Gasteiger partial charge in [-0.3, -0.25) is 4.68 Å². The Morgan fingerprint density at radius 2 is 2.10 bits per heavy atom. The van der Waals surface area contributed by atoms with E-state index in [4.69, 9.17) is 4.52 Å². The zero-order valence-corrected chi connectivity index (χ0v) is 10.2. The van der Waals surface area contributed by atoms with Crippen LogP contribution in [0.15, 0.2) is 35.4 Å². The zero-order chi connectivity index (χ0) is 13.9. The molecule has 0 saturated carbocycles. The molecular formula is C12H9F2N5O. The summed E-state index contributed by atoms with van der Waals surface area (Å²) in [6.07, 6.45) is 3.48. The van der Waals surface area contributed by atoms with Crippen LogP contribution in [0.3, 0.4) is 0 Å². The summed E-state index contributed by atoms with van der Waals surface area (Å²) in [5.74, 6) is -1.25. The van der Waals surface area contributed by atoms with E-state index in [9.17, 15) is 8.78 Å². The van der Waals surface area contributed by atoms with Crippen LogP contribution >= 0.6 is 0 Å². The molecule has 0 spiro atoms. The number of benzene rings is 1. The maximum Gasteiger partial charge on any atom is 0.228 e. The van der Waals surface area contributed by atoms with Crippen LogP contribution in [0.25, 0.3) is 11.4 Å². The maximum atomic E-state index is 13.1. The topological polar surface area (TPSA) is 69.6 Å². The van der Waals surface area contributed by atoms with E-state index in [2.05, 4.69) is 20.2 Å². The van der Waals surface area contributed by atoms with E-state index in [1.807, 2.05) is 0 Å². The van der Waals surface area contributed by atoms with Crippen LogP contribution in [-0.2, 0) is 13.0 Å². The summed E-state index contributed by atoms with van der Waals surface area (Å²) < 4.78 is 32.6. The monoisotopic (exact) mass is 277 g/mol. The van der Waals surface area contributed by atoms with Gasteiger partial charge in [0.05, 0.1) is 6.54 Å². The molecule has 0 N–H and O–H groups in total. The highest BCUT2D eigenvalue weighted by molar-refractivity contribution is 5.54. The molecule has 1 aromatic carbocycles. The number of aryl methyl sites for hydroxylation is 2. The number of halogens is 2. The number of nitrogens with zero attached hydrogens (tertiary/aromatic N) is 5. The lowest BCUT2D eigenvalue weighted by Crippen LogP contribution is -2.01. The Labute approximate surface area is 112 Å². The van der Waals surface area contributed by atoms with Crippen LogP contribution in [0.2, 0.25) is 0 Å². The van der Waals surface area contributed by atoms with E-state index in [0.717, 1.165) is 12.1 Å². The minimum atomic E-state index is -0.948. The summed E-state index contributed by atoms with van der Waals surface area (Å²) in [6.45, 7) is 0.541. The molecule has 6 nitrogen and oxygen atoms in total. The largest absolute Gasteiger partial charge is 0.339 e. The minimum absolute atomic E-state index is 0.220. The fourth-order valence-corrected chi connectivity index (χ4v) is 1.67. The molecular weight excluding hydrogens is 268 g/mol. The Kier molecular flexibility index (Phi) is 3.20. The Morgan fingerprint density at radius 1 is 1.20 bits per heavy atom. The lowest BCUT2D eigenvalue weighted by Gasteiger charge is -1.96. The average Bonchev–Trinajstić information content (AvgIpc) is 3.10. The molecule has 8 heteroatoms. The quantitative estimate of drug-likeness (QED) is 0.728. The van der Waals surface area contributed by atoms with Crippen molar-refractivity contribution in [3.63, 3.8) is 0 Å². The van der Waals surface area contributed by atoms with Gasteiger partial charge < -0.3 is 4.52 Å². The van der Waals surface area contributed by atoms with Gasteiger partial charge in [-0.1, -0.05) is 5.16 Å². The third-order valence-corrected chi connectivity index (χ3v) is 2.67. The fourth-order valence-electron chi connectivity index (χ4n) is 1.67. The molecule has 2 aromatic heterocycles. The fraction of sp³-hybridized carbons (Fsp3) is 0.167. The predicted molar refractivity (Wildman–Crippen MR) is 63.4 cm³/mol. The normalized spacial score (nSPS) is 10.9. The highest BCUT2D eigenvalue weighted by atomic mass is 19.2. The molecule has 3 aromatic rings. The van der Waals surface area contributed by atoms with Crippen LogP contribution in [0, 0.1) is 11.6 Å². The molecule has 0 bridgehead atoms. The summed E-state index contributed by atoms with van der Waals surface area (Å²) in [6, 6.07) is 3.45. The van der Waals surface area contributed by atoms with Gasteiger partial charge in [0.15, 0.2) is 11.6 Å². The Morgan fingerprint density at radius 3 is 2.85 bits per heavy atom. The first-order valence-corrected chi connectivity index (χ1v) is 5.83. The lowest BCUT2D eigenvalue weighted by molar-refractivity contribution is 0.369. The standard InChI is InChI=1S/C12H9F2N5O/c13-9-2-1-8(5-10(9)14)12-17-11(20-18-12)3-4-19-7-15-6-16-19/h1-2,5-7H,3-4H2. The first-order chi connectivity index (χ1) is 9.72. The molecule has 0 aliphatic heterocycles. The van der Waals surface area contributed by atoms with Crippen molar-refractivity contribution in [2.24, 2.45) is 0 Å². The van der Waals surface area contributed by atoms with Gasteiger partial charge in [0, 0.05) is 12.0 Å². The van der Waals surface area contributed by atoms with Gasteiger partial charge in [-0.05, 0) is 18.2 Å². The maximum absolute atomic E-state index is 13.1. The molecule has 0 unspecified atom stereocenters. The highest BCUT2D eigenvalue weighted by Crippen LogP contribution is 2.18. The molecule has 20 heavy (non-hydrogen) atoms. The first kappa shape index (κ1) is 12.4. The van der Waals surface area contributed by atoms with Crippen LogP contribution in [0.4, 0.5) is 8.78 Å². The van der Waals surface area contributed by atoms with Gasteiger partial charge in [-0.15, -0.1) is 0 Å². The van der Waals surface area contributed by atoms with Crippen LogP contribution in [0.1, 0.15) is 5.89 Å². The van der Waals surface area contributed by atoms with Crippen molar-refractivity contribution in [1.82, 2.24) is 24.9 Å². The van der Waals surface area contributed by atoms with Crippen molar-refractivity contribution in [3.8, 4) is 11.4 Å². The van der Waals surface area contributed by atoms with Crippen molar-refractivity contribution in [2.75, 3.05) is 0 Å². The molecule has 0 saturated heterocycles. The van der Waals surface area contributed by atoms with Gasteiger partial charge in [0.2, 0.25) is 11.7 Å². The van der Waals surface area contributed by atoms with Crippen molar-refractivity contribution in [2.45, 2.75) is 13.0 Å². The second-order valence-electron chi connectivity index (χ2n) is 4.05. The number of hydrogen-bond donors (Lipinski definition) is 0. The van der Waals surface area contributed by atoms with E-state index < -0.39 is 11.6 Å². The van der Waals surface area contributed by atoms with Crippen LogP contribution in [0.5, 0.6) is 0 Å². The Hall–Kier alpha value is -2.64. The van der Waals surface area contributed by atoms with E-state index in [0.29, 0.717) is 24.4 Å². The molecule has 3 rings (SSSR count). The van der Waals surface area contributed by atoms with E-state index in [-0.39, 0.29) is 5.82 Å². The summed E-state index contributed by atoms with van der Waals surface area (Å²) in [4.78, 5) is 7.94. The van der Waals surface area contributed by atoms with Gasteiger partial charge in [0.25, 0.3) is 0 Å². The van der Waals surface area contributed by atoms with Crippen molar-refractivity contribution >= 4 is 0 Å². The summed E-state index contributed by atoms with van der Waals surface area (Å²) in [5.41, 5.74) is 0.361. The molecule has 0 aliphatic rings. The molecule has 0 radical (unpaired) electrons. The average molecular weight is 277 g/mol. The first-order valence-electron chi connectivity index (χ1n) is 5.83. The van der Waals surface area contributed by atoms with Gasteiger partial charge in [-0.25, -0.2) is 13.8 Å². The van der Waals surface area contributed by atoms with Crippen LogP contribution in [-0.4, -0.2) is 24.9 Å². The molecule has 102 valence electrons. The summed E-state index contributed by atoms with van der Waals surface area (Å²) in [7, 11) is 0. The third kappa shape index (κ3) is 2.53. The number of aromatic nitrogens is 5. The Balaban J connectivity index is 1.74. The SMILES string of the molecule is Fc1ccc(-c2noc(CCn3cncn3)n2)cc1F. The second kappa shape index (κ2) is 5.16. The van der Waals surface area contributed by atoms with Crippen LogP contribution < -0.4 is 0 Å². The molecule has 0 fully saturated rings. The third-order valence-electron chi connectivity index (χ3n) is 2.67. The van der Waals surface area contributed by atoms with Gasteiger partial charge >= 0.3 is 0 Å². The van der Waals surface area contributed by atoms with Crippen molar-refractivity contribution in [3.05, 3.63) is 48.4 Å². The highest BCUT2D eigenvalue weighted by Gasteiger charge is 2.11. The zero-order valence-electron chi connectivity index (χ0n) is 10.2. The van der Waals surface area contributed by atoms with E-state index >= 15 is 0 Å². The van der Waals surface area contributed by atoms with Crippen molar-refractivity contribution in [1.29, 1.82) is 0 Å². The lowest BCUT2D eigenvalue weighted by atomic mass is 10.2. The van der Waals surface area contributed by atoms with E-state index in [1.54, 1.807) is 11.0 Å². The summed E-state index contributed by atoms with van der Waals surface area (Å²) >= 11 is 0. The Bertz CT molecular complexity index is 710. The van der Waals surface area contributed by atoms with E-state index in [1.165, 1.54) is 12.4 Å². The van der Waals surface area contributed by atoms with Gasteiger partial charge in [0.1, 0.15) is 12.7 Å². The summed E-state index contributed by atoms with van der Waals surface area (Å²) in [5, 5.41) is 7.68. The molecule has 0 atom stereocenters. The second-order valence-corrected chi connectivity index (χ2v) is 4.05. The molecule has 2 heterocycles. The number of rotatable bonds is 4. The number of hydrogen-bond acceptors (Lipinski definition) is 5. The smallest absolute Gasteiger partial charge is 0.228 e. The van der Waals surface area contributed by atoms with Gasteiger partial charge in [-0.2, -0.15) is 10.1 Å². The van der Waals surface area contributed by atoms with Crippen molar-refractivity contribution < 1.29 is 13.3 Å². The molecule has 0 aliphatic carbocycles.